The highest BCUT2D eigenvalue weighted by molar-refractivity contribution is 5.12. The first-order chi connectivity index (χ1) is 4.18. The van der Waals surface area contributed by atoms with E-state index in [0.717, 1.165) is 0 Å². The SMILES string of the molecule is Cc1cc(C)[nH+]c(C)c1.[OH-]. The zero-order chi connectivity index (χ0) is 6.85. The predicted molar refractivity (Wildman–Crippen MR) is 39.1 cm³/mol. The quantitative estimate of drug-likeness (QED) is 0.533. The molecule has 2 N–H and O–H groups in total. The van der Waals surface area contributed by atoms with Gasteiger partial charge in [-0.3, -0.25) is 0 Å². The Balaban J connectivity index is 0.000000810. The summed E-state index contributed by atoms with van der Waals surface area (Å²) in [5, 5.41) is 0. The van der Waals surface area contributed by atoms with Crippen molar-refractivity contribution in [3.8, 4) is 0 Å². The minimum absolute atomic E-state index is 0. The number of aryl methyl sites for hydroxylation is 3. The third-order valence-corrected chi connectivity index (χ3v) is 1.28. The molecule has 56 valence electrons. The first kappa shape index (κ1) is 9.11. The van der Waals surface area contributed by atoms with Gasteiger partial charge in [-0.25, -0.2) is 4.98 Å². The van der Waals surface area contributed by atoms with E-state index in [-0.39, 0.29) is 5.48 Å². The molecule has 0 aliphatic rings. The Bertz CT molecular complexity index is 170. The van der Waals surface area contributed by atoms with Crippen LogP contribution in [0.1, 0.15) is 17.0 Å². The summed E-state index contributed by atoms with van der Waals surface area (Å²) < 4.78 is 0. The molecule has 0 unspecified atom stereocenters. The van der Waals surface area contributed by atoms with E-state index < -0.39 is 0 Å². The fourth-order valence-corrected chi connectivity index (χ4v) is 1.11. The molecule has 0 bridgehead atoms. The Morgan fingerprint density at radius 3 is 1.70 bits per heavy atom. The van der Waals surface area contributed by atoms with Gasteiger partial charge in [0.1, 0.15) is 0 Å². The smallest absolute Gasteiger partial charge is 0.176 e. The van der Waals surface area contributed by atoms with E-state index in [0.29, 0.717) is 0 Å². The molecule has 0 aromatic carbocycles. The number of aromatic nitrogens is 1. The van der Waals surface area contributed by atoms with Gasteiger partial charge in [-0.05, 0) is 12.5 Å². The summed E-state index contributed by atoms with van der Waals surface area (Å²) >= 11 is 0. The molecule has 1 aromatic rings. The number of pyridine rings is 1. The lowest BCUT2D eigenvalue weighted by Crippen LogP contribution is -2.11. The highest BCUT2D eigenvalue weighted by atomic mass is 16.0. The van der Waals surface area contributed by atoms with Crippen molar-refractivity contribution in [2.75, 3.05) is 0 Å². The Morgan fingerprint density at radius 1 is 1.00 bits per heavy atom. The van der Waals surface area contributed by atoms with Gasteiger partial charge in [0.2, 0.25) is 0 Å². The lowest BCUT2D eigenvalue weighted by Gasteiger charge is -1.89. The average molecular weight is 139 g/mol. The molecule has 1 heterocycles. The largest absolute Gasteiger partial charge is 0.870 e. The minimum atomic E-state index is 0. The molecule has 0 aliphatic carbocycles. The molecule has 0 saturated carbocycles. The fourth-order valence-electron chi connectivity index (χ4n) is 1.11. The van der Waals surface area contributed by atoms with Crippen LogP contribution < -0.4 is 4.98 Å². The maximum Gasteiger partial charge on any atom is 0.176 e. The molecule has 1 aromatic heterocycles. The first-order valence-corrected chi connectivity index (χ1v) is 3.15. The van der Waals surface area contributed by atoms with Crippen molar-refractivity contribution in [2.45, 2.75) is 20.8 Å². The molecular weight excluding hydrogens is 126 g/mol. The van der Waals surface area contributed by atoms with E-state index in [1.54, 1.807) is 0 Å². The maximum absolute atomic E-state index is 3.21. The van der Waals surface area contributed by atoms with Crippen molar-refractivity contribution in [2.24, 2.45) is 0 Å². The fraction of sp³-hybridized carbons (Fsp3) is 0.375. The van der Waals surface area contributed by atoms with Crippen LogP contribution in [0.25, 0.3) is 0 Å². The lowest BCUT2D eigenvalue weighted by atomic mass is 10.2. The molecule has 0 radical (unpaired) electrons. The average Bonchev–Trinajstić information content (AvgIpc) is 1.59. The molecule has 0 aliphatic heterocycles. The van der Waals surface area contributed by atoms with Crippen LogP contribution in [0, 0.1) is 20.8 Å². The van der Waals surface area contributed by atoms with E-state index in [1.807, 2.05) is 0 Å². The lowest BCUT2D eigenvalue weighted by molar-refractivity contribution is -0.396. The minimum Gasteiger partial charge on any atom is -0.870 e. The van der Waals surface area contributed by atoms with Crippen LogP contribution in [0.2, 0.25) is 0 Å². The van der Waals surface area contributed by atoms with Gasteiger partial charge >= 0.3 is 0 Å². The summed E-state index contributed by atoms with van der Waals surface area (Å²) in [5.41, 5.74) is 3.78. The van der Waals surface area contributed by atoms with E-state index in [4.69, 9.17) is 0 Å². The second-order valence-corrected chi connectivity index (χ2v) is 2.52. The summed E-state index contributed by atoms with van der Waals surface area (Å²) in [4.78, 5) is 3.21. The summed E-state index contributed by atoms with van der Waals surface area (Å²) in [6.07, 6.45) is 0. The maximum atomic E-state index is 3.21. The van der Waals surface area contributed by atoms with Gasteiger partial charge in [0.15, 0.2) is 11.4 Å². The highest BCUT2D eigenvalue weighted by Gasteiger charge is 1.95. The van der Waals surface area contributed by atoms with Gasteiger partial charge < -0.3 is 5.48 Å². The molecule has 0 amide bonds. The Hall–Kier alpha value is -0.890. The van der Waals surface area contributed by atoms with Gasteiger partial charge in [-0.2, -0.15) is 0 Å². The van der Waals surface area contributed by atoms with E-state index in [9.17, 15) is 0 Å². The third kappa shape index (κ3) is 2.15. The topological polar surface area (TPSA) is 44.1 Å². The molecule has 0 saturated heterocycles. The van der Waals surface area contributed by atoms with Crippen LogP contribution in [0.5, 0.6) is 0 Å². The van der Waals surface area contributed by atoms with Crippen molar-refractivity contribution < 1.29 is 10.5 Å². The van der Waals surface area contributed by atoms with Gasteiger partial charge in [0, 0.05) is 26.0 Å². The number of hydrogen-bond donors (Lipinski definition) is 0. The Kier molecular flexibility index (Phi) is 3.03. The monoisotopic (exact) mass is 139 g/mol. The van der Waals surface area contributed by atoms with Crippen LogP contribution in [-0.4, -0.2) is 5.48 Å². The summed E-state index contributed by atoms with van der Waals surface area (Å²) in [6.45, 7) is 6.24. The zero-order valence-electron chi connectivity index (χ0n) is 6.60. The van der Waals surface area contributed by atoms with Crippen LogP contribution in [0.3, 0.4) is 0 Å². The number of aromatic amines is 1. The van der Waals surface area contributed by atoms with E-state index >= 15 is 0 Å². The summed E-state index contributed by atoms with van der Waals surface area (Å²) in [6, 6.07) is 4.26. The Morgan fingerprint density at radius 2 is 1.40 bits per heavy atom. The van der Waals surface area contributed by atoms with Crippen LogP contribution in [-0.2, 0) is 0 Å². The van der Waals surface area contributed by atoms with Crippen molar-refractivity contribution in [3.05, 3.63) is 29.1 Å². The summed E-state index contributed by atoms with van der Waals surface area (Å²) in [5.74, 6) is 0. The van der Waals surface area contributed by atoms with Crippen LogP contribution in [0.4, 0.5) is 0 Å². The van der Waals surface area contributed by atoms with Gasteiger partial charge in [-0.1, -0.05) is 0 Å². The molecule has 2 heteroatoms. The summed E-state index contributed by atoms with van der Waals surface area (Å²) in [7, 11) is 0. The zero-order valence-corrected chi connectivity index (χ0v) is 6.60. The molecular formula is C8H13NO. The molecule has 1 rings (SSSR count). The number of nitrogens with one attached hydrogen (secondary N) is 1. The van der Waals surface area contributed by atoms with Crippen LogP contribution in [0.15, 0.2) is 12.1 Å². The molecule has 0 spiro atoms. The molecule has 0 fully saturated rings. The van der Waals surface area contributed by atoms with E-state index in [1.165, 1.54) is 17.0 Å². The van der Waals surface area contributed by atoms with Crippen molar-refractivity contribution in [1.29, 1.82) is 0 Å². The van der Waals surface area contributed by atoms with Gasteiger partial charge in [0.05, 0.1) is 0 Å². The molecule has 2 nitrogen and oxygen atoms in total. The van der Waals surface area contributed by atoms with Crippen molar-refractivity contribution in [3.63, 3.8) is 0 Å². The highest BCUT2D eigenvalue weighted by Crippen LogP contribution is 1.97. The van der Waals surface area contributed by atoms with Crippen LogP contribution >= 0.6 is 0 Å². The second-order valence-electron chi connectivity index (χ2n) is 2.52. The Labute approximate surface area is 61.2 Å². The third-order valence-electron chi connectivity index (χ3n) is 1.28. The molecule has 10 heavy (non-hydrogen) atoms. The van der Waals surface area contributed by atoms with Crippen molar-refractivity contribution >= 4 is 0 Å². The first-order valence-electron chi connectivity index (χ1n) is 3.15. The number of H-pyrrole nitrogens is 1. The second kappa shape index (κ2) is 3.32. The number of hydrogen-bond acceptors (Lipinski definition) is 1. The normalized spacial score (nSPS) is 8.70. The van der Waals surface area contributed by atoms with Gasteiger partial charge in [0.25, 0.3) is 0 Å². The van der Waals surface area contributed by atoms with Crippen molar-refractivity contribution in [1.82, 2.24) is 0 Å². The van der Waals surface area contributed by atoms with E-state index in [2.05, 4.69) is 37.9 Å². The predicted octanol–water partition coefficient (Wildman–Crippen LogP) is 1.25. The molecule has 0 atom stereocenters. The standard InChI is InChI=1S/C8H11N.H2O/c1-6-4-7(2)9-8(3)5-6;/h4-5H,1-3H3;1H2. The van der Waals surface area contributed by atoms with Gasteiger partial charge in [-0.15, -0.1) is 0 Å². The number of rotatable bonds is 0.